The Morgan fingerprint density at radius 2 is 1.93 bits per heavy atom. The Balaban J connectivity index is 2.18. The van der Waals surface area contributed by atoms with E-state index in [-0.39, 0.29) is 0 Å². The van der Waals surface area contributed by atoms with Gasteiger partial charge in [0, 0.05) is 12.6 Å². The molecule has 0 aromatic heterocycles. The Morgan fingerprint density at radius 1 is 1.33 bits per heavy atom. The average Bonchev–Trinajstić information content (AvgIpc) is 2.14. The smallest absolute Gasteiger partial charge is 0.0718 e. The normalized spacial score (nSPS) is 20.8. The molecule has 0 aliphatic carbocycles. The molecule has 3 heteroatoms. The van der Waals surface area contributed by atoms with Gasteiger partial charge in [0.2, 0.25) is 0 Å². The first-order chi connectivity index (χ1) is 7.01. The van der Waals surface area contributed by atoms with Crippen LogP contribution in [0.5, 0.6) is 0 Å². The number of likely N-dealkylation sites (tertiary alicyclic amines) is 1. The van der Waals surface area contributed by atoms with Gasteiger partial charge < -0.3 is 15.3 Å². The third-order valence-corrected chi connectivity index (χ3v) is 2.88. The molecule has 0 aromatic rings. The zero-order valence-corrected chi connectivity index (χ0v) is 10.4. The number of nitrogens with zero attached hydrogens (tertiary/aromatic N) is 1. The highest BCUT2D eigenvalue weighted by Gasteiger charge is 2.23. The maximum Gasteiger partial charge on any atom is 0.0718 e. The average molecular weight is 214 g/mol. The molecule has 90 valence electrons. The van der Waals surface area contributed by atoms with Gasteiger partial charge in [0.25, 0.3) is 0 Å². The van der Waals surface area contributed by atoms with Gasteiger partial charge in [0.15, 0.2) is 0 Å². The first-order valence-corrected chi connectivity index (χ1v) is 6.19. The Labute approximate surface area is 93.9 Å². The monoisotopic (exact) mass is 214 g/mol. The zero-order valence-electron chi connectivity index (χ0n) is 10.4. The summed E-state index contributed by atoms with van der Waals surface area (Å²) in [5.41, 5.74) is -0.552. The van der Waals surface area contributed by atoms with Crippen LogP contribution in [-0.2, 0) is 0 Å². The van der Waals surface area contributed by atoms with Crippen molar-refractivity contribution in [2.45, 2.75) is 51.7 Å². The second-order valence-electron chi connectivity index (χ2n) is 5.32. The Bertz CT molecular complexity index is 169. The van der Waals surface area contributed by atoms with Crippen molar-refractivity contribution >= 4 is 0 Å². The Morgan fingerprint density at radius 3 is 2.40 bits per heavy atom. The molecule has 0 amide bonds. The van der Waals surface area contributed by atoms with E-state index in [1.807, 2.05) is 13.8 Å². The molecular weight excluding hydrogens is 188 g/mol. The van der Waals surface area contributed by atoms with E-state index in [1.165, 1.54) is 19.3 Å². The molecule has 0 radical (unpaired) electrons. The molecule has 0 atom stereocenters. The van der Waals surface area contributed by atoms with Gasteiger partial charge in [0.1, 0.15) is 0 Å². The van der Waals surface area contributed by atoms with Crippen LogP contribution < -0.4 is 5.32 Å². The molecule has 15 heavy (non-hydrogen) atoms. The van der Waals surface area contributed by atoms with Crippen molar-refractivity contribution < 1.29 is 5.11 Å². The van der Waals surface area contributed by atoms with E-state index in [9.17, 15) is 5.11 Å². The minimum absolute atomic E-state index is 0.552. The molecule has 0 unspecified atom stereocenters. The molecule has 0 aromatic carbocycles. The number of aliphatic hydroxyl groups is 1. The van der Waals surface area contributed by atoms with Crippen molar-refractivity contribution in [1.82, 2.24) is 10.2 Å². The summed E-state index contributed by atoms with van der Waals surface area (Å²) < 4.78 is 0. The number of nitrogens with one attached hydrogen (secondary N) is 1. The molecule has 0 spiro atoms. The minimum atomic E-state index is -0.552. The lowest BCUT2D eigenvalue weighted by Crippen LogP contribution is -2.47. The van der Waals surface area contributed by atoms with E-state index in [4.69, 9.17) is 0 Å². The van der Waals surface area contributed by atoms with Crippen LogP contribution in [0.2, 0.25) is 0 Å². The summed E-state index contributed by atoms with van der Waals surface area (Å²) in [6.45, 7) is 10.1. The van der Waals surface area contributed by atoms with Crippen molar-refractivity contribution in [3.63, 3.8) is 0 Å². The highest BCUT2D eigenvalue weighted by Crippen LogP contribution is 2.13. The first kappa shape index (κ1) is 12.9. The lowest BCUT2D eigenvalue weighted by atomic mass is 10.0. The van der Waals surface area contributed by atoms with Crippen LogP contribution in [0, 0.1) is 0 Å². The van der Waals surface area contributed by atoms with Crippen LogP contribution in [-0.4, -0.2) is 47.8 Å². The molecule has 0 saturated carbocycles. The summed E-state index contributed by atoms with van der Waals surface area (Å²) in [5, 5.41) is 13.3. The predicted octanol–water partition coefficient (Wildman–Crippen LogP) is 1.22. The maximum atomic E-state index is 9.72. The topological polar surface area (TPSA) is 35.5 Å². The molecule has 1 fully saturated rings. The number of hydrogen-bond donors (Lipinski definition) is 2. The highest BCUT2D eigenvalue weighted by molar-refractivity contribution is 4.80. The van der Waals surface area contributed by atoms with E-state index >= 15 is 0 Å². The van der Waals surface area contributed by atoms with Gasteiger partial charge in [0.05, 0.1) is 5.60 Å². The third-order valence-electron chi connectivity index (χ3n) is 2.88. The maximum absolute atomic E-state index is 9.72. The fourth-order valence-corrected chi connectivity index (χ4v) is 2.19. The van der Waals surface area contributed by atoms with Crippen molar-refractivity contribution in [3.8, 4) is 0 Å². The fourth-order valence-electron chi connectivity index (χ4n) is 2.19. The molecule has 1 aliphatic heterocycles. The second kappa shape index (κ2) is 5.83. The molecule has 1 aliphatic rings. The van der Waals surface area contributed by atoms with Gasteiger partial charge in [-0.05, 0) is 52.7 Å². The summed E-state index contributed by atoms with van der Waals surface area (Å²) in [4.78, 5) is 2.37. The summed E-state index contributed by atoms with van der Waals surface area (Å²) in [6, 6.07) is 0.697. The molecule has 3 nitrogen and oxygen atoms in total. The van der Waals surface area contributed by atoms with Crippen LogP contribution >= 0.6 is 0 Å². The van der Waals surface area contributed by atoms with Gasteiger partial charge in [-0.25, -0.2) is 0 Å². The molecule has 0 bridgehead atoms. The van der Waals surface area contributed by atoms with E-state index in [0.29, 0.717) is 6.04 Å². The number of β-amino-alcohol motifs (C(OH)–C–C–N with tert-alkyl or cyclic N) is 1. The van der Waals surface area contributed by atoms with E-state index < -0.39 is 5.60 Å². The zero-order chi connectivity index (χ0) is 11.3. The van der Waals surface area contributed by atoms with E-state index in [0.717, 1.165) is 26.2 Å². The number of hydrogen-bond acceptors (Lipinski definition) is 3. The van der Waals surface area contributed by atoms with Crippen LogP contribution in [0.4, 0.5) is 0 Å². The van der Waals surface area contributed by atoms with Crippen molar-refractivity contribution in [3.05, 3.63) is 0 Å². The number of piperidine rings is 1. The lowest BCUT2D eigenvalue weighted by Gasteiger charge is -2.35. The molecule has 2 N–H and O–H groups in total. The van der Waals surface area contributed by atoms with Gasteiger partial charge in [-0.3, -0.25) is 0 Å². The molecular formula is C12H26N2O. The quantitative estimate of drug-likeness (QED) is 0.722. The Hall–Kier alpha value is -0.120. The van der Waals surface area contributed by atoms with Crippen LogP contribution in [0.25, 0.3) is 0 Å². The lowest BCUT2D eigenvalue weighted by molar-refractivity contribution is 0.0269. The summed E-state index contributed by atoms with van der Waals surface area (Å²) in [6.07, 6.45) is 3.65. The molecule has 1 saturated heterocycles. The summed E-state index contributed by atoms with van der Waals surface area (Å²) >= 11 is 0. The number of rotatable bonds is 5. The fraction of sp³-hybridized carbons (Fsp3) is 1.00. The second-order valence-corrected chi connectivity index (χ2v) is 5.32. The van der Waals surface area contributed by atoms with Crippen LogP contribution in [0.1, 0.15) is 40.0 Å². The standard InChI is InChI=1S/C12H26N2O/c1-4-7-13-11-5-8-14(9-6-11)10-12(2,3)15/h11,13,15H,4-10H2,1-3H3. The van der Waals surface area contributed by atoms with Crippen LogP contribution in [0.15, 0.2) is 0 Å². The van der Waals surface area contributed by atoms with E-state index in [1.54, 1.807) is 0 Å². The first-order valence-electron chi connectivity index (χ1n) is 6.19. The van der Waals surface area contributed by atoms with Gasteiger partial charge in [-0.1, -0.05) is 6.92 Å². The van der Waals surface area contributed by atoms with Gasteiger partial charge in [-0.15, -0.1) is 0 Å². The predicted molar refractivity (Wildman–Crippen MR) is 64.1 cm³/mol. The highest BCUT2D eigenvalue weighted by atomic mass is 16.3. The largest absolute Gasteiger partial charge is 0.389 e. The van der Waals surface area contributed by atoms with Gasteiger partial charge in [-0.2, -0.15) is 0 Å². The van der Waals surface area contributed by atoms with Gasteiger partial charge >= 0.3 is 0 Å². The SMILES string of the molecule is CCCNC1CCN(CC(C)(C)O)CC1. The van der Waals surface area contributed by atoms with Crippen molar-refractivity contribution in [1.29, 1.82) is 0 Å². The van der Waals surface area contributed by atoms with Crippen molar-refractivity contribution in [2.24, 2.45) is 0 Å². The van der Waals surface area contributed by atoms with Crippen LogP contribution in [0.3, 0.4) is 0 Å². The molecule has 1 heterocycles. The summed E-state index contributed by atoms with van der Waals surface area (Å²) in [7, 11) is 0. The minimum Gasteiger partial charge on any atom is -0.389 e. The Kier molecular flexibility index (Phi) is 5.03. The third kappa shape index (κ3) is 5.50. The van der Waals surface area contributed by atoms with Crippen molar-refractivity contribution in [2.75, 3.05) is 26.2 Å². The summed E-state index contributed by atoms with van der Waals surface area (Å²) in [5.74, 6) is 0. The van der Waals surface area contributed by atoms with E-state index in [2.05, 4.69) is 17.1 Å². The molecule has 1 rings (SSSR count).